The van der Waals surface area contributed by atoms with Gasteiger partial charge in [-0.25, -0.2) is 14.8 Å². The molecular weight excluding hydrogens is 510 g/mol. The van der Waals surface area contributed by atoms with Crippen LogP contribution >= 0.6 is 0 Å². The van der Waals surface area contributed by atoms with E-state index in [1.807, 2.05) is 6.07 Å². The lowest BCUT2D eigenvalue weighted by Gasteiger charge is -2.49. The second-order valence-corrected chi connectivity index (χ2v) is 11.1. The summed E-state index contributed by atoms with van der Waals surface area (Å²) < 4.78 is 5.87. The predicted molar refractivity (Wildman–Crippen MR) is 137 cm³/mol. The van der Waals surface area contributed by atoms with Crippen LogP contribution in [0, 0.1) is 0 Å². The van der Waals surface area contributed by atoms with E-state index in [-0.39, 0.29) is 42.5 Å². The van der Waals surface area contributed by atoms with Crippen LogP contribution in [-0.4, -0.2) is 106 Å². The molecule has 4 unspecified atom stereocenters. The molecular formula is C24H31N9O6. The number of imide groups is 1. The Morgan fingerprint density at radius 1 is 1.26 bits per heavy atom. The van der Waals surface area contributed by atoms with Crippen molar-refractivity contribution in [2.45, 2.75) is 55.3 Å². The fraction of sp³-hybridized carbons (Fsp3) is 0.542. The molecule has 39 heavy (non-hydrogen) atoms. The van der Waals surface area contributed by atoms with Crippen LogP contribution in [0.4, 0.5) is 4.79 Å². The van der Waals surface area contributed by atoms with Crippen LogP contribution < -0.4 is 32.2 Å². The Hall–Kier alpha value is -4.11. The van der Waals surface area contributed by atoms with E-state index in [2.05, 4.69) is 39.8 Å². The highest BCUT2D eigenvalue weighted by Crippen LogP contribution is 2.45. The molecule has 5 aliphatic heterocycles. The lowest BCUT2D eigenvalue weighted by molar-refractivity contribution is -0.230. The molecule has 2 fully saturated rings. The Bertz CT molecular complexity index is 1330. The molecule has 1 aromatic carbocycles. The number of nitrogens with zero attached hydrogens (tertiary/aromatic N) is 4. The standard InChI is InChI=1S/C24H31N9O6/c1-22(2)6-7-39-16-11(4-3-5-12(16)22)18(35)29-14-10-33-20(26)28-13(9-32-15(34)8-27-21(32)36)17-23(33,24(14,37)38)31-19(25)30-17/h3-5,13-14,17,37-38H,6-10H2,1-2H3,(H2,26,28)(H,27,36)(H,29,35)(H3,25,30,31). The van der Waals surface area contributed by atoms with Crippen molar-refractivity contribution in [1.29, 1.82) is 0 Å². The van der Waals surface area contributed by atoms with Gasteiger partial charge in [-0.05, 0) is 17.9 Å². The highest BCUT2D eigenvalue weighted by Gasteiger charge is 2.73. The number of hydrogen-bond acceptors (Lipinski definition) is 12. The maximum Gasteiger partial charge on any atom is 0.324 e. The monoisotopic (exact) mass is 541 g/mol. The van der Waals surface area contributed by atoms with E-state index in [9.17, 15) is 24.6 Å². The number of nitrogens with two attached hydrogens (primary N) is 2. The first kappa shape index (κ1) is 25.2. The second-order valence-electron chi connectivity index (χ2n) is 11.1. The van der Waals surface area contributed by atoms with Crippen molar-refractivity contribution < 1.29 is 29.3 Å². The minimum Gasteiger partial charge on any atom is -0.492 e. The second kappa shape index (κ2) is 8.19. The summed E-state index contributed by atoms with van der Waals surface area (Å²) in [5, 5.41) is 31.3. The van der Waals surface area contributed by atoms with Crippen molar-refractivity contribution in [3.63, 3.8) is 0 Å². The summed E-state index contributed by atoms with van der Waals surface area (Å²) in [6.45, 7) is 4.09. The molecule has 1 aromatic rings. The van der Waals surface area contributed by atoms with Gasteiger partial charge in [-0.1, -0.05) is 26.0 Å². The SMILES string of the molecule is CC1(C)CCOc2c(C(=O)NC3CN4C(N)=NC(CN5C(=O)CNC5=O)C5N=C(N)NC54C3(O)O)cccc21. The van der Waals surface area contributed by atoms with Gasteiger partial charge >= 0.3 is 6.03 Å². The summed E-state index contributed by atoms with van der Waals surface area (Å²) >= 11 is 0. The quantitative estimate of drug-likeness (QED) is 0.152. The van der Waals surface area contributed by atoms with Gasteiger partial charge in [-0.3, -0.25) is 14.5 Å². The minimum absolute atomic E-state index is 0.0906. The molecule has 5 aliphatic rings. The van der Waals surface area contributed by atoms with Gasteiger partial charge in [-0.2, -0.15) is 0 Å². The number of rotatable bonds is 4. The Kier molecular flexibility index (Phi) is 5.29. The molecule has 4 amide bonds. The first-order valence-electron chi connectivity index (χ1n) is 12.7. The minimum atomic E-state index is -2.66. The zero-order valence-corrected chi connectivity index (χ0v) is 21.5. The molecule has 9 N–H and O–H groups in total. The molecule has 1 spiro atoms. The molecule has 6 rings (SSSR count). The number of carbonyl (C=O) groups is 3. The first-order chi connectivity index (χ1) is 18.4. The van der Waals surface area contributed by atoms with E-state index in [1.165, 1.54) is 4.90 Å². The van der Waals surface area contributed by atoms with Crippen molar-refractivity contribution in [2.75, 3.05) is 26.2 Å². The Morgan fingerprint density at radius 2 is 2.03 bits per heavy atom. The smallest absolute Gasteiger partial charge is 0.324 e. The van der Waals surface area contributed by atoms with Crippen LogP contribution in [0.1, 0.15) is 36.2 Å². The van der Waals surface area contributed by atoms with Crippen molar-refractivity contribution in [3.05, 3.63) is 29.3 Å². The fourth-order valence-electron chi connectivity index (χ4n) is 6.25. The highest BCUT2D eigenvalue weighted by atomic mass is 16.5. The molecule has 5 heterocycles. The number of hydrogen-bond donors (Lipinski definition) is 7. The summed E-state index contributed by atoms with van der Waals surface area (Å²) in [6.07, 6.45) is 0.792. The largest absolute Gasteiger partial charge is 0.492 e. The third-order valence-electron chi connectivity index (χ3n) is 8.38. The van der Waals surface area contributed by atoms with Gasteiger partial charge in [0.1, 0.15) is 17.8 Å². The number of aliphatic hydroxyl groups is 2. The molecule has 0 aliphatic carbocycles. The summed E-state index contributed by atoms with van der Waals surface area (Å²) in [5.41, 5.74) is 11.4. The number of benzene rings is 1. The number of carbonyl (C=O) groups excluding carboxylic acids is 3. The van der Waals surface area contributed by atoms with Gasteiger partial charge in [0.2, 0.25) is 11.7 Å². The lowest BCUT2D eigenvalue weighted by Crippen LogP contribution is -2.78. The van der Waals surface area contributed by atoms with Crippen LogP contribution in [-0.2, 0) is 10.2 Å². The van der Waals surface area contributed by atoms with Gasteiger partial charge in [0, 0.05) is 12.1 Å². The predicted octanol–water partition coefficient (Wildman–Crippen LogP) is -2.93. The van der Waals surface area contributed by atoms with Gasteiger partial charge in [0.05, 0.1) is 31.3 Å². The normalized spacial score (nSPS) is 31.7. The molecule has 15 heteroatoms. The van der Waals surface area contributed by atoms with E-state index >= 15 is 0 Å². The van der Waals surface area contributed by atoms with Crippen LogP contribution in [0.15, 0.2) is 28.2 Å². The molecule has 15 nitrogen and oxygen atoms in total. The molecule has 0 radical (unpaired) electrons. The van der Waals surface area contributed by atoms with Crippen LogP contribution in [0.5, 0.6) is 5.75 Å². The van der Waals surface area contributed by atoms with Gasteiger partial charge in [0.25, 0.3) is 5.91 Å². The zero-order chi connectivity index (χ0) is 27.9. The number of ether oxygens (including phenoxy) is 1. The Morgan fingerprint density at radius 3 is 2.74 bits per heavy atom. The van der Waals surface area contributed by atoms with Gasteiger partial charge < -0.3 is 47.3 Å². The fourth-order valence-corrected chi connectivity index (χ4v) is 6.25. The van der Waals surface area contributed by atoms with Crippen LogP contribution in [0.2, 0.25) is 0 Å². The topological polar surface area (TPSA) is 220 Å². The van der Waals surface area contributed by atoms with Gasteiger partial charge in [0.15, 0.2) is 17.6 Å². The third-order valence-corrected chi connectivity index (χ3v) is 8.38. The maximum absolute atomic E-state index is 13.5. The number of aliphatic imine (C=N–C) groups is 2. The number of guanidine groups is 2. The molecule has 0 bridgehead atoms. The molecule has 0 saturated carbocycles. The van der Waals surface area contributed by atoms with Crippen LogP contribution in [0.25, 0.3) is 0 Å². The maximum atomic E-state index is 13.5. The number of fused-ring (bicyclic) bond motifs is 1. The van der Waals surface area contributed by atoms with E-state index in [0.717, 1.165) is 16.9 Å². The molecule has 2 saturated heterocycles. The number of urea groups is 1. The molecule has 4 atom stereocenters. The van der Waals surface area contributed by atoms with E-state index in [1.54, 1.807) is 12.1 Å². The number of amides is 4. The van der Waals surface area contributed by atoms with Crippen molar-refractivity contribution >= 4 is 29.8 Å². The first-order valence-corrected chi connectivity index (χ1v) is 12.7. The summed E-state index contributed by atoms with van der Waals surface area (Å²) in [5.74, 6) is -3.42. The summed E-state index contributed by atoms with van der Waals surface area (Å²) in [4.78, 5) is 49.1. The van der Waals surface area contributed by atoms with Crippen molar-refractivity contribution in [3.8, 4) is 5.75 Å². The third kappa shape index (κ3) is 3.45. The molecule has 208 valence electrons. The Balaban J connectivity index is 1.32. The number of nitrogens with one attached hydrogen (secondary N) is 3. The average molecular weight is 542 g/mol. The summed E-state index contributed by atoms with van der Waals surface area (Å²) in [6, 6.07) is 1.44. The van der Waals surface area contributed by atoms with Crippen molar-refractivity contribution in [1.82, 2.24) is 25.8 Å². The lowest BCUT2D eigenvalue weighted by atomic mass is 9.79. The van der Waals surface area contributed by atoms with E-state index in [4.69, 9.17) is 16.2 Å². The van der Waals surface area contributed by atoms with E-state index in [0.29, 0.717) is 12.4 Å². The van der Waals surface area contributed by atoms with Gasteiger partial charge in [-0.15, -0.1) is 0 Å². The highest BCUT2D eigenvalue weighted by molar-refractivity contribution is 6.02. The van der Waals surface area contributed by atoms with Crippen molar-refractivity contribution in [2.24, 2.45) is 21.5 Å². The van der Waals surface area contributed by atoms with E-state index < -0.39 is 47.4 Å². The molecule has 0 aromatic heterocycles. The Labute approximate surface area is 223 Å². The summed E-state index contributed by atoms with van der Waals surface area (Å²) in [7, 11) is 0. The average Bonchev–Trinajstić information content (AvgIpc) is 3.46. The van der Waals surface area contributed by atoms with Crippen LogP contribution in [0.3, 0.4) is 0 Å². The zero-order valence-electron chi connectivity index (χ0n) is 21.5. The number of para-hydroxylation sites is 1.